The molecule has 25 heavy (non-hydrogen) atoms. The molecule has 1 aromatic carbocycles. The molecule has 2 saturated heterocycles. The van der Waals surface area contributed by atoms with Gasteiger partial charge in [-0.3, -0.25) is 14.4 Å². The van der Waals surface area contributed by atoms with Crippen LogP contribution in [0.4, 0.5) is 5.69 Å². The summed E-state index contributed by atoms with van der Waals surface area (Å²) in [6.07, 6.45) is 3.29. The van der Waals surface area contributed by atoms with Crippen molar-refractivity contribution in [1.29, 1.82) is 0 Å². The predicted octanol–water partition coefficient (Wildman–Crippen LogP) is 1.97. The number of fused-ring (bicyclic) bond motifs is 1. The van der Waals surface area contributed by atoms with Crippen molar-refractivity contribution >= 4 is 35.2 Å². The fraction of sp³-hybridized carbons (Fsp3) is 0.500. The number of carbonyl (C=O) groups is 3. The van der Waals surface area contributed by atoms with Crippen molar-refractivity contribution < 1.29 is 14.4 Å². The first kappa shape index (κ1) is 16.4. The van der Waals surface area contributed by atoms with Crippen LogP contribution >= 0.6 is 11.8 Å². The molecule has 2 atom stereocenters. The Bertz CT molecular complexity index is 749. The van der Waals surface area contributed by atoms with Gasteiger partial charge in [0.05, 0.1) is 16.1 Å². The van der Waals surface area contributed by atoms with E-state index in [-0.39, 0.29) is 28.6 Å². The highest BCUT2D eigenvalue weighted by atomic mass is 32.2. The van der Waals surface area contributed by atoms with E-state index in [1.165, 1.54) is 0 Å². The Hall–Kier alpha value is -2.02. The molecule has 0 bridgehead atoms. The van der Waals surface area contributed by atoms with Gasteiger partial charge in [0.2, 0.25) is 11.8 Å². The van der Waals surface area contributed by atoms with Gasteiger partial charge in [0, 0.05) is 18.2 Å². The van der Waals surface area contributed by atoms with Crippen LogP contribution in [0.5, 0.6) is 0 Å². The summed E-state index contributed by atoms with van der Waals surface area (Å²) in [7, 11) is 0. The molecule has 132 valence electrons. The van der Waals surface area contributed by atoms with Gasteiger partial charge >= 0.3 is 0 Å². The Kier molecular flexibility index (Phi) is 3.98. The van der Waals surface area contributed by atoms with E-state index >= 15 is 0 Å². The van der Waals surface area contributed by atoms with E-state index in [9.17, 15) is 14.4 Å². The minimum atomic E-state index is -0.482. The monoisotopic (exact) mass is 359 g/mol. The van der Waals surface area contributed by atoms with E-state index < -0.39 is 6.04 Å². The van der Waals surface area contributed by atoms with Crippen LogP contribution in [0.3, 0.4) is 0 Å². The summed E-state index contributed by atoms with van der Waals surface area (Å²) in [5, 5.41) is 5.81. The Morgan fingerprint density at radius 3 is 2.80 bits per heavy atom. The molecule has 0 aromatic heterocycles. The van der Waals surface area contributed by atoms with Crippen LogP contribution in [0.15, 0.2) is 24.3 Å². The molecule has 3 aliphatic rings. The largest absolute Gasteiger partial charge is 0.349 e. The van der Waals surface area contributed by atoms with Crippen LogP contribution in [0.25, 0.3) is 0 Å². The third kappa shape index (κ3) is 3.01. The molecular formula is C18H21N3O3S. The molecule has 2 heterocycles. The molecule has 0 radical (unpaired) electrons. The zero-order chi connectivity index (χ0) is 17.6. The van der Waals surface area contributed by atoms with Crippen molar-refractivity contribution in [2.45, 2.75) is 49.6 Å². The number of hydrogen-bond acceptors (Lipinski definition) is 4. The Labute approximate surface area is 150 Å². The number of amides is 3. The van der Waals surface area contributed by atoms with Crippen molar-refractivity contribution in [3.63, 3.8) is 0 Å². The Balaban J connectivity index is 1.51. The number of carbonyl (C=O) groups excluding carboxylic acids is 3. The third-order valence-corrected chi connectivity index (χ3v) is 6.59. The highest BCUT2D eigenvalue weighted by Gasteiger charge is 2.52. The zero-order valence-electron chi connectivity index (χ0n) is 14.1. The molecule has 2 N–H and O–H groups in total. The lowest BCUT2D eigenvalue weighted by atomic mass is 10.1. The Morgan fingerprint density at radius 1 is 1.28 bits per heavy atom. The summed E-state index contributed by atoms with van der Waals surface area (Å²) in [5.74, 6) is 0.233. The van der Waals surface area contributed by atoms with Crippen LogP contribution in [0.1, 0.15) is 43.0 Å². The molecule has 3 fully saturated rings. The molecule has 4 rings (SSSR count). The summed E-state index contributed by atoms with van der Waals surface area (Å²) in [4.78, 5) is 38.8. The van der Waals surface area contributed by atoms with Gasteiger partial charge < -0.3 is 15.5 Å². The molecule has 0 unspecified atom stereocenters. The fourth-order valence-electron chi connectivity index (χ4n) is 3.51. The maximum atomic E-state index is 12.8. The minimum Gasteiger partial charge on any atom is -0.349 e. The highest BCUT2D eigenvalue weighted by molar-refractivity contribution is 8.01. The molecule has 3 amide bonds. The lowest BCUT2D eigenvalue weighted by Gasteiger charge is -2.30. The van der Waals surface area contributed by atoms with Gasteiger partial charge in [-0.15, -0.1) is 11.8 Å². The molecule has 1 aliphatic carbocycles. The van der Waals surface area contributed by atoms with Crippen LogP contribution in [-0.2, 0) is 9.59 Å². The normalized spacial score (nSPS) is 28.0. The molecular weight excluding hydrogens is 338 g/mol. The van der Waals surface area contributed by atoms with E-state index in [1.54, 1.807) is 40.9 Å². The lowest BCUT2D eigenvalue weighted by Crippen LogP contribution is -2.48. The van der Waals surface area contributed by atoms with Gasteiger partial charge in [-0.25, -0.2) is 0 Å². The average molecular weight is 359 g/mol. The van der Waals surface area contributed by atoms with E-state index in [0.717, 1.165) is 19.3 Å². The first-order chi connectivity index (χ1) is 12.0. The Morgan fingerprint density at radius 2 is 2.04 bits per heavy atom. The highest BCUT2D eigenvalue weighted by Crippen LogP contribution is 2.47. The number of nitrogens with zero attached hydrogens (tertiary/aromatic N) is 1. The van der Waals surface area contributed by atoms with Gasteiger partial charge in [0.25, 0.3) is 5.91 Å². The first-order valence-corrected chi connectivity index (χ1v) is 9.63. The maximum Gasteiger partial charge on any atom is 0.253 e. The number of para-hydroxylation sites is 1. The van der Waals surface area contributed by atoms with E-state index in [0.29, 0.717) is 23.4 Å². The first-order valence-electron chi connectivity index (χ1n) is 8.65. The molecule has 1 aromatic rings. The van der Waals surface area contributed by atoms with Crippen LogP contribution < -0.4 is 10.6 Å². The van der Waals surface area contributed by atoms with Crippen LogP contribution in [0, 0.1) is 0 Å². The van der Waals surface area contributed by atoms with Gasteiger partial charge in [-0.1, -0.05) is 12.1 Å². The standard InChI is InChI=1S/C18H21N3O3S/c1-18-9-8-15(22)21(18)14(10-25-18)17(24)20-13-5-3-2-4-12(13)16(23)19-11-6-7-11/h2-5,11,14H,6-10H2,1H3,(H,19,23)(H,20,24)/t14-,18+/m0/s1. The summed E-state index contributed by atoms with van der Waals surface area (Å²) in [6.45, 7) is 2.02. The van der Waals surface area contributed by atoms with Crippen molar-refractivity contribution in [2.24, 2.45) is 0 Å². The van der Waals surface area contributed by atoms with E-state index in [2.05, 4.69) is 10.6 Å². The molecule has 6 nitrogen and oxygen atoms in total. The van der Waals surface area contributed by atoms with Gasteiger partial charge in [-0.05, 0) is 38.3 Å². The van der Waals surface area contributed by atoms with Crippen molar-refractivity contribution in [1.82, 2.24) is 10.2 Å². The minimum absolute atomic E-state index is 0.0346. The topological polar surface area (TPSA) is 78.5 Å². The summed E-state index contributed by atoms with van der Waals surface area (Å²) < 4.78 is 0. The second-order valence-electron chi connectivity index (χ2n) is 7.05. The SMILES string of the molecule is C[C@@]12CCC(=O)N1[C@H](C(=O)Nc1ccccc1C(=O)NC1CC1)CS2. The fourth-order valence-corrected chi connectivity index (χ4v) is 4.94. The molecule has 7 heteroatoms. The number of rotatable bonds is 4. The molecule has 0 spiro atoms. The second-order valence-corrected chi connectivity index (χ2v) is 8.55. The van der Waals surface area contributed by atoms with Gasteiger partial charge in [0.15, 0.2) is 0 Å². The van der Waals surface area contributed by atoms with Crippen molar-refractivity contribution in [2.75, 3.05) is 11.1 Å². The summed E-state index contributed by atoms with van der Waals surface area (Å²) in [5.41, 5.74) is 0.958. The van der Waals surface area contributed by atoms with Gasteiger partial charge in [-0.2, -0.15) is 0 Å². The lowest BCUT2D eigenvalue weighted by molar-refractivity contribution is -0.135. The van der Waals surface area contributed by atoms with Crippen molar-refractivity contribution in [3.05, 3.63) is 29.8 Å². The number of hydrogen-bond donors (Lipinski definition) is 2. The average Bonchev–Trinajstić information content (AvgIpc) is 3.26. The molecule has 2 aliphatic heterocycles. The quantitative estimate of drug-likeness (QED) is 0.862. The maximum absolute atomic E-state index is 12.8. The molecule has 1 saturated carbocycles. The van der Waals surface area contributed by atoms with Crippen LogP contribution in [-0.4, -0.2) is 45.3 Å². The smallest absolute Gasteiger partial charge is 0.253 e. The van der Waals surface area contributed by atoms with E-state index in [4.69, 9.17) is 0 Å². The number of benzene rings is 1. The van der Waals surface area contributed by atoms with Crippen LogP contribution in [0.2, 0.25) is 0 Å². The predicted molar refractivity (Wildman–Crippen MR) is 96.3 cm³/mol. The number of thioether (sulfide) groups is 1. The summed E-state index contributed by atoms with van der Waals surface area (Å²) in [6, 6.07) is 6.78. The number of nitrogens with one attached hydrogen (secondary N) is 2. The summed E-state index contributed by atoms with van der Waals surface area (Å²) >= 11 is 1.66. The van der Waals surface area contributed by atoms with Gasteiger partial charge in [0.1, 0.15) is 6.04 Å². The second kappa shape index (κ2) is 6.05. The van der Waals surface area contributed by atoms with E-state index in [1.807, 2.05) is 6.92 Å². The third-order valence-electron chi connectivity index (χ3n) is 5.09. The number of anilines is 1. The zero-order valence-corrected chi connectivity index (χ0v) is 14.9. The van der Waals surface area contributed by atoms with Crippen molar-refractivity contribution in [3.8, 4) is 0 Å².